The lowest BCUT2D eigenvalue weighted by molar-refractivity contribution is 0.0329. The number of aliphatic hydroxyl groups excluding tert-OH is 1. The average molecular weight is 211 g/mol. The highest BCUT2D eigenvalue weighted by atomic mass is 16.5. The normalized spacial score (nSPS) is 12.5. The SMILES string of the molecule is CCCOCC(O)c1ncccc1OC. The number of aromatic nitrogens is 1. The zero-order valence-electron chi connectivity index (χ0n) is 9.14. The van der Waals surface area contributed by atoms with Gasteiger partial charge in [-0.25, -0.2) is 0 Å². The largest absolute Gasteiger partial charge is 0.495 e. The summed E-state index contributed by atoms with van der Waals surface area (Å²) < 4.78 is 10.3. The maximum Gasteiger partial charge on any atom is 0.143 e. The molecule has 0 spiro atoms. The summed E-state index contributed by atoms with van der Waals surface area (Å²) in [5.74, 6) is 0.588. The fourth-order valence-electron chi connectivity index (χ4n) is 1.24. The lowest BCUT2D eigenvalue weighted by Crippen LogP contribution is -2.10. The van der Waals surface area contributed by atoms with Crippen molar-refractivity contribution in [2.75, 3.05) is 20.3 Å². The molecule has 0 aliphatic carbocycles. The van der Waals surface area contributed by atoms with E-state index in [1.54, 1.807) is 25.4 Å². The van der Waals surface area contributed by atoms with Gasteiger partial charge in [0.1, 0.15) is 17.5 Å². The molecule has 0 aliphatic rings. The average Bonchev–Trinajstić information content (AvgIpc) is 2.29. The minimum absolute atomic E-state index is 0.251. The van der Waals surface area contributed by atoms with Crippen molar-refractivity contribution in [3.05, 3.63) is 24.0 Å². The third kappa shape index (κ3) is 3.49. The number of rotatable bonds is 6. The lowest BCUT2D eigenvalue weighted by atomic mass is 10.2. The van der Waals surface area contributed by atoms with Crippen LogP contribution in [0.4, 0.5) is 0 Å². The predicted octanol–water partition coefficient (Wildman–Crippen LogP) is 1.55. The van der Waals surface area contributed by atoms with Gasteiger partial charge in [0, 0.05) is 12.8 Å². The molecule has 1 N–H and O–H groups in total. The highest BCUT2D eigenvalue weighted by Crippen LogP contribution is 2.22. The summed E-state index contributed by atoms with van der Waals surface area (Å²) >= 11 is 0. The Bertz CT molecular complexity index is 291. The van der Waals surface area contributed by atoms with E-state index in [0.717, 1.165) is 6.42 Å². The lowest BCUT2D eigenvalue weighted by Gasteiger charge is -2.13. The Hall–Kier alpha value is -1.13. The smallest absolute Gasteiger partial charge is 0.143 e. The van der Waals surface area contributed by atoms with Crippen LogP contribution in [-0.4, -0.2) is 30.4 Å². The van der Waals surface area contributed by atoms with E-state index < -0.39 is 6.10 Å². The second kappa shape index (κ2) is 6.37. The topological polar surface area (TPSA) is 51.6 Å². The highest BCUT2D eigenvalue weighted by Gasteiger charge is 2.14. The van der Waals surface area contributed by atoms with E-state index in [2.05, 4.69) is 4.98 Å². The summed E-state index contributed by atoms with van der Waals surface area (Å²) in [6.45, 7) is 2.92. The Morgan fingerprint density at radius 3 is 3.00 bits per heavy atom. The fraction of sp³-hybridized carbons (Fsp3) is 0.545. The standard InChI is InChI=1S/C11H17NO3/c1-3-7-15-8-9(13)11-10(14-2)5-4-6-12-11/h4-6,9,13H,3,7-8H2,1-2H3. The van der Waals surface area contributed by atoms with Crippen LogP contribution in [0.5, 0.6) is 5.75 Å². The first-order valence-corrected chi connectivity index (χ1v) is 5.04. The van der Waals surface area contributed by atoms with Crippen LogP contribution < -0.4 is 4.74 Å². The fourth-order valence-corrected chi connectivity index (χ4v) is 1.24. The Morgan fingerprint density at radius 1 is 1.53 bits per heavy atom. The van der Waals surface area contributed by atoms with E-state index in [9.17, 15) is 5.11 Å². The summed E-state index contributed by atoms with van der Waals surface area (Å²) in [7, 11) is 1.56. The van der Waals surface area contributed by atoms with E-state index in [-0.39, 0.29) is 6.61 Å². The van der Waals surface area contributed by atoms with Crippen LogP contribution in [0.25, 0.3) is 0 Å². The molecule has 15 heavy (non-hydrogen) atoms. The molecule has 1 atom stereocenters. The van der Waals surface area contributed by atoms with E-state index in [0.29, 0.717) is 18.1 Å². The van der Waals surface area contributed by atoms with Gasteiger partial charge in [-0.15, -0.1) is 0 Å². The van der Waals surface area contributed by atoms with Crippen molar-refractivity contribution < 1.29 is 14.6 Å². The number of nitrogens with zero attached hydrogens (tertiary/aromatic N) is 1. The Balaban J connectivity index is 2.59. The van der Waals surface area contributed by atoms with Gasteiger partial charge < -0.3 is 14.6 Å². The quantitative estimate of drug-likeness (QED) is 0.725. The van der Waals surface area contributed by atoms with E-state index in [4.69, 9.17) is 9.47 Å². The zero-order chi connectivity index (χ0) is 11.1. The molecule has 0 amide bonds. The van der Waals surface area contributed by atoms with Crippen molar-refractivity contribution in [2.24, 2.45) is 0 Å². The number of methoxy groups -OCH3 is 1. The molecular formula is C11H17NO3. The van der Waals surface area contributed by atoms with Crippen molar-refractivity contribution in [1.82, 2.24) is 4.98 Å². The van der Waals surface area contributed by atoms with Crippen molar-refractivity contribution >= 4 is 0 Å². The number of hydrogen-bond acceptors (Lipinski definition) is 4. The minimum Gasteiger partial charge on any atom is -0.495 e. The molecule has 1 aromatic rings. The van der Waals surface area contributed by atoms with Crippen LogP contribution in [0.15, 0.2) is 18.3 Å². The van der Waals surface area contributed by atoms with Gasteiger partial charge in [-0.2, -0.15) is 0 Å². The molecule has 0 aromatic carbocycles. The number of aliphatic hydroxyl groups is 1. The second-order valence-corrected chi connectivity index (χ2v) is 3.18. The summed E-state index contributed by atoms with van der Waals surface area (Å²) in [5, 5.41) is 9.79. The summed E-state index contributed by atoms with van der Waals surface area (Å²) in [5.41, 5.74) is 0.524. The molecule has 1 unspecified atom stereocenters. The third-order valence-electron chi connectivity index (χ3n) is 1.96. The molecule has 84 valence electrons. The predicted molar refractivity (Wildman–Crippen MR) is 56.9 cm³/mol. The summed E-state index contributed by atoms with van der Waals surface area (Å²) in [6, 6.07) is 3.54. The molecule has 0 bridgehead atoms. The summed E-state index contributed by atoms with van der Waals surface area (Å²) in [4.78, 5) is 4.07. The van der Waals surface area contributed by atoms with Crippen molar-refractivity contribution in [1.29, 1.82) is 0 Å². The van der Waals surface area contributed by atoms with E-state index in [1.807, 2.05) is 6.92 Å². The first-order chi connectivity index (χ1) is 7.29. The molecular weight excluding hydrogens is 194 g/mol. The van der Waals surface area contributed by atoms with Gasteiger partial charge in [-0.05, 0) is 18.6 Å². The minimum atomic E-state index is -0.729. The molecule has 1 aromatic heterocycles. The molecule has 0 saturated carbocycles. The van der Waals surface area contributed by atoms with E-state index in [1.165, 1.54) is 0 Å². The maximum absolute atomic E-state index is 9.79. The number of pyridine rings is 1. The number of hydrogen-bond donors (Lipinski definition) is 1. The van der Waals surface area contributed by atoms with Crippen LogP contribution in [-0.2, 0) is 4.74 Å². The van der Waals surface area contributed by atoms with Gasteiger partial charge in [0.15, 0.2) is 0 Å². The van der Waals surface area contributed by atoms with E-state index >= 15 is 0 Å². The van der Waals surface area contributed by atoms with Gasteiger partial charge in [0.25, 0.3) is 0 Å². The van der Waals surface area contributed by atoms with Gasteiger partial charge >= 0.3 is 0 Å². The molecule has 1 heterocycles. The van der Waals surface area contributed by atoms with Crippen LogP contribution in [0, 0.1) is 0 Å². The van der Waals surface area contributed by atoms with Crippen LogP contribution in [0.1, 0.15) is 25.1 Å². The molecule has 0 fully saturated rings. The maximum atomic E-state index is 9.79. The zero-order valence-corrected chi connectivity index (χ0v) is 9.14. The molecule has 4 nitrogen and oxygen atoms in total. The molecule has 1 rings (SSSR count). The molecule has 4 heteroatoms. The number of ether oxygens (including phenoxy) is 2. The van der Waals surface area contributed by atoms with Crippen molar-refractivity contribution in [3.63, 3.8) is 0 Å². The van der Waals surface area contributed by atoms with Crippen molar-refractivity contribution in [3.8, 4) is 5.75 Å². The van der Waals surface area contributed by atoms with Crippen molar-refractivity contribution in [2.45, 2.75) is 19.4 Å². The molecule has 0 radical (unpaired) electrons. The van der Waals surface area contributed by atoms with Crippen LogP contribution in [0.3, 0.4) is 0 Å². The Labute approximate surface area is 89.9 Å². The first-order valence-electron chi connectivity index (χ1n) is 5.04. The first kappa shape index (κ1) is 11.9. The third-order valence-corrected chi connectivity index (χ3v) is 1.96. The van der Waals surface area contributed by atoms with Gasteiger partial charge in [-0.3, -0.25) is 4.98 Å². The highest BCUT2D eigenvalue weighted by molar-refractivity contribution is 5.28. The molecule has 0 aliphatic heterocycles. The van der Waals surface area contributed by atoms with Crippen LogP contribution >= 0.6 is 0 Å². The monoisotopic (exact) mass is 211 g/mol. The van der Waals surface area contributed by atoms with Gasteiger partial charge in [0.05, 0.1) is 13.7 Å². The Morgan fingerprint density at radius 2 is 2.33 bits per heavy atom. The van der Waals surface area contributed by atoms with Gasteiger partial charge in [-0.1, -0.05) is 6.92 Å². The Kier molecular flexibility index (Phi) is 5.07. The molecule has 0 saturated heterocycles. The summed E-state index contributed by atoms with van der Waals surface area (Å²) in [6.07, 6.45) is 1.83. The van der Waals surface area contributed by atoms with Crippen LogP contribution in [0.2, 0.25) is 0 Å². The van der Waals surface area contributed by atoms with Gasteiger partial charge in [0.2, 0.25) is 0 Å². The second-order valence-electron chi connectivity index (χ2n) is 3.18.